The van der Waals surface area contributed by atoms with Crippen molar-refractivity contribution in [1.29, 1.82) is 0 Å². The molecule has 0 bridgehead atoms. The van der Waals surface area contributed by atoms with Crippen LogP contribution >= 0.6 is 0 Å². The van der Waals surface area contributed by atoms with Crippen molar-refractivity contribution in [2.75, 3.05) is 20.3 Å². The second-order valence-electron chi connectivity index (χ2n) is 4.94. The summed E-state index contributed by atoms with van der Waals surface area (Å²) in [6.45, 7) is 6.60. The van der Waals surface area contributed by atoms with Crippen molar-refractivity contribution in [2.45, 2.75) is 46.1 Å². The van der Waals surface area contributed by atoms with Crippen LogP contribution in [0.4, 0.5) is 0 Å². The molecule has 1 atom stereocenters. The van der Waals surface area contributed by atoms with Gasteiger partial charge in [0.25, 0.3) is 0 Å². The molecule has 1 amide bonds. The molecule has 1 unspecified atom stereocenters. The zero-order chi connectivity index (χ0) is 12.6. The van der Waals surface area contributed by atoms with Gasteiger partial charge in [-0.2, -0.15) is 0 Å². The third-order valence-electron chi connectivity index (χ3n) is 2.63. The van der Waals surface area contributed by atoms with Crippen molar-refractivity contribution < 1.29 is 14.6 Å². The number of carbonyl (C=O) groups is 1. The second-order valence-corrected chi connectivity index (χ2v) is 4.94. The van der Waals surface area contributed by atoms with E-state index in [1.807, 2.05) is 0 Å². The zero-order valence-corrected chi connectivity index (χ0v) is 10.9. The standard InChI is InChI=1S/C12H25NO3/c1-5-6-12(2,3)7-11(15)13-8-10(9-14)16-4/h10,14H,5-9H2,1-4H3,(H,13,15). The van der Waals surface area contributed by atoms with Gasteiger partial charge in [0.15, 0.2) is 0 Å². The van der Waals surface area contributed by atoms with E-state index in [9.17, 15) is 4.79 Å². The second kappa shape index (κ2) is 7.63. The molecule has 0 saturated heterocycles. The highest BCUT2D eigenvalue weighted by atomic mass is 16.5. The number of aliphatic hydroxyl groups excluding tert-OH is 1. The highest BCUT2D eigenvalue weighted by Crippen LogP contribution is 2.26. The van der Waals surface area contributed by atoms with Crippen LogP contribution in [-0.2, 0) is 9.53 Å². The Morgan fingerprint density at radius 1 is 1.50 bits per heavy atom. The number of hydrogen-bond acceptors (Lipinski definition) is 3. The summed E-state index contributed by atoms with van der Waals surface area (Å²) in [4.78, 5) is 11.6. The molecular weight excluding hydrogens is 206 g/mol. The van der Waals surface area contributed by atoms with Crippen LogP contribution in [0.3, 0.4) is 0 Å². The molecule has 0 radical (unpaired) electrons. The van der Waals surface area contributed by atoms with Crippen molar-refractivity contribution >= 4 is 5.91 Å². The number of amides is 1. The van der Waals surface area contributed by atoms with Crippen molar-refractivity contribution in [3.63, 3.8) is 0 Å². The molecule has 0 fully saturated rings. The Morgan fingerprint density at radius 3 is 2.56 bits per heavy atom. The maximum Gasteiger partial charge on any atom is 0.220 e. The zero-order valence-electron chi connectivity index (χ0n) is 10.9. The number of ether oxygens (including phenoxy) is 1. The van der Waals surface area contributed by atoms with E-state index in [1.165, 1.54) is 7.11 Å². The maximum absolute atomic E-state index is 11.6. The van der Waals surface area contributed by atoms with Gasteiger partial charge in [0.05, 0.1) is 12.7 Å². The van der Waals surface area contributed by atoms with Crippen molar-refractivity contribution in [2.24, 2.45) is 5.41 Å². The molecule has 4 nitrogen and oxygen atoms in total. The first-order valence-corrected chi connectivity index (χ1v) is 5.85. The normalized spacial score (nSPS) is 13.6. The largest absolute Gasteiger partial charge is 0.394 e. The van der Waals surface area contributed by atoms with Crippen LogP contribution < -0.4 is 5.32 Å². The molecule has 96 valence electrons. The number of rotatable bonds is 8. The molecule has 0 aliphatic heterocycles. The molecule has 0 rings (SSSR count). The maximum atomic E-state index is 11.6. The van der Waals surface area contributed by atoms with Gasteiger partial charge in [0.1, 0.15) is 0 Å². The summed E-state index contributed by atoms with van der Waals surface area (Å²) in [5.41, 5.74) is 0.0423. The molecule has 0 spiro atoms. The lowest BCUT2D eigenvalue weighted by atomic mass is 9.84. The van der Waals surface area contributed by atoms with E-state index in [1.54, 1.807) is 0 Å². The first-order valence-electron chi connectivity index (χ1n) is 5.85. The molecule has 0 aromatic heterocycles. The quantitative estimate of drug-likeness (QED) is 0.662. The third-order valence-corrected chi connectivity index (χ3v) is 2.63. The van der Waals surface area contributed by atoms with Crippen LogP contribution in [0.5, 0.6) is 0 Å². The van der Waals surface area contributed by atoms with Gasteiger partial charge >= 0.3 is 0 Å². The highest BCUT2D eigenvalue weighted by molar-refractivity contribution is 5.76. The van der Waals surface area contributed by atoms with Gasteiger partial charge in [-0.1, -0.05) is 27.2 Å². The summed E-state index contributed by atoms with van der Waals surface area (Å²) in [5, 5.41) is 11.7. The van der Waals surface area contributed by atoms with E-state index in [4.69, 9.17) is 9.84 Å². The molecule has 0 aliphatic rings. The van der Waals surface area contributed by atoms with E-state index in [0.717, 1.165) is 12.8 Å². The van der Waals surface area contributed by atoms with Crippen molar-refractivity contribution in [3.8, 4) is 0 Å². The highest BCUT2D eigenvalue weighted by Gasteiger charge is 2.21. The Morgan fingerprint density at radius 2 is 2.12 bits per heavy atom. The molecule has 0 heterocycles. The average Bonchev–Trinajstić information content (AvgIpc) is 2.18. The van der Waals surface area contributed by atoms with Crippen LogP contribution in [0, 0.1) is 5.41 Å². The van der Waals surface area contributed by atoms with E-state index < -0.39 is 0 Å². The SMILES string of the molecule is CCCC(C)(C)CC(=O)NCC(CO)OC. The van der Waals surface area contributed by atoms with Gasteiger partial charge in [-0.3, -0.25) is 4.79 Å². The minimum atomic E-state index is -0.307. The Bertz CT molecular complexity index is 200. The summed E-state index contributed by atoms with van der Waals surface area (Å²) >= 11 is 0. The van der Waals surface area contributed by atoms with E-state index in [2.05, 4.69) is 26.1 Å². The van der Waals surface area contributed by atoms with Crippen molar-refractivity contribution in [1.82, 2.24) is 5.32 Å². The summed E-state index contributed by atoms with van der Waals surface area (Å²) in [6.07, 6.45) is 2.33. The molecule has 0 aromatic rings. The summed E-state index contributed by atoms with van der Waals surface area (Å²) < 4.78 is 4.96. The molecule has 0 aromatic carbocycles. The summed E-state index contributed by atoms with van der Waals surface area (Å²) in [7, 11) is 1.52. The number of nitrogens with one attached hydrogen (secondary N) is 1. The Balaban J connectivity index is 3.90. The van der Waals surface area contributed by atoms with Gasteiger partial charge in [0.2, 0.25) is 5.91 Å². The number of aliphatic hydroxyl groups is 1. The fraction of sp³-hybridized carbons (Fsp3) is 0.917. The molecule has 2 N–H and O–H groups in total. The fourth-order valence-corrected chi connectivity index (χ4v) is 1.71. The lowest BCUT2D eigenvalue weighted by Gasteiger charge is -2.23. The average molecular weight is 231 g/mol. The lowest BCUT2D eigenvalue weighted by molar-refractivity contribution is -0.123. The van der Waals surface area contributed by atoms with Gasteiger partial charge in [-0.25, -0.2) is 0 Å². The predicted molar refractivity (Wildman–Crippen MR) is 64.2 cm³/mol. The number of methoxy groups -OCH3 is 1. The fourth-order valence-electron chi connectivity index (χ4n) is 1.71. The third kappa shape index (κ3) is 6.80. The van der Waals surface area contributed by atoms with Gasteiger partial charge in [-0.05, 0) is 11.8 Å². The number of hydrogen-bond donors (Lipinski definition) is 2. The molecule has 0 aliphatic carbocycles. The smallest absolute Gasteiger partial charge is 0.220 e. The number of carbonyl (C=O) groups excluding carboxylic acids is 1. The lowest BCUT2D eigenvalue weighted by Crippen LogP contribution is -2.37. The monoisotopic (exact) mass is 231 g/mol. The van der Waals surface area contributed by atoms with Crippen LogP contribution in [0.1, 0.15) is 40.0 Å². The minimum Gasteiger partial charge on any atom is -0.394 e. The first-order chi connectivity index (χ1) is 7.45. The van der Waals surface area contributed by atoms with Gasteiger partial charge in [-0.15, -0.1) is 0 Å². The summed E-state index contributed by atoms with van der Waals surface area (Å²) in [5.74, 6) is 0.0222. The van der Waals surface area contributed by atoms with E-state index >= 15 is 0 Å². The molecule has 0 saturated carbocycles. The molecule has 16 heavy (non-hydrogen) atoms. The predicted octanol–water partition coefficient (Wildman–Crippen LogP) is 1.33. The van der Waals surface area contributed by atoms with Crippen LogP contribution in [0.2, 0.25) is 0 Å². The van der Waals surface area contributed by atoms with Gasteiger partial charge < -0.3 is 15.2 Å². The minimum absolute atomic E-state index is 0.0222. The Kier molecular flexibility index (Phi) is 7.34. The Hall–Kier alpha value is -0.610. The van der Waals surface area contributed by atoms with Crippen LogP contribution in [0.25, 0.3) is 0 Å². The van der Waals surface area contributed by atoms with E-state index in [-0.39, 0.29) is 24.0 Å². The Labute approximate surface area is 98.4 Å². The molecule has 4 heteroatoms. The molecular formula is C12H25NO3. The van der Waals surface area contributed by atoms with Crippen LogP contribution in [-0.4, -0.2) is 37.4 Å². The van der Waals surface area contributed by atoms with E-state index in [0.29, 0.717) is 13.0 Å². The van der Waals surface area contributed by atoms with Crippen LogP contribution in [0.15, 0.2) is 0 Å². The van der Waals surface area contributed by atoms with Gasteiger partial charge in [0, 0.05) is 20.1 Å². The first kappa shape index (κ1) is 15.4. The van der Waals surface area contributed by atoms with Crippen molar-refractivity contribution in [3.05, 3.63) is 0 Å². The topological polar surface area (TPSA) is 58.6 Å². The summed E-state index contributed by atoms with van der Waals surface area (Å²) in [6, 6.07) is 0.